The molecule has 6 heteroatoms. The molecule has 2 aliphatic rings. The molecule has 1 atom stereocenters. The van der Waals surface area contributed by atoms with E-state index in [0.29, 0.717) is 25.3 Å². The topological polar surface area (TPSA) is 67.9 Å². The molecule has 4 rings (SSSR count). The number of fused-ring (bicyclic) bond motifs is 1. The monoisotopic (exact) mass is 382 g/mol. The van der Waals surface area contributed by atoms with Crippen LogP contribution in [0.3, 0.4) is 0 Å². The van der Waals surface area contributed by atoms with Gasteiger partial charge in [0.15, 0.2) is 6.29 Å². The number of nitrogens with one attached hydrogen (secondary N) is 1. The Kier molecular flexibility index (Phi) is 5.88. The van der Waals surface area contributed by atoms with E-state index >= 15 is 0 Å². The van der Waals surface area contributed by atoms with E-state index in [4.69, 9.17) is 9.47 Å². The van der Waals surface area contributed by atoms with Crippen molar-refractivity contribution in [2.24, 2.45) is 0 Å². The first-order valence-corrected chi connectivity index (χ1v) is 10.0. The van der Waals surface area contributed by atoms with Crippen molar-refractivity contribution in [1.82, 2.24) is 10.2 Å². The molecule has 2 aromatic rings. The molecular weight excluding hydrogens is 356 g/mol. The highest BCUT2D eigenvalue weighted by molar-refractivity contribution is 5.98. The summed E-state index contributed by atoms with van der Waals surface area (Å²) in [6, 6.07) is 13.5. The van der Waals surface area contributed by atoms with Gasteiger partial charge in [0.2, 0.25) is 5.91 Å². The van der Waals surface area contributed by atoms with E-state index in [9.17, 15) is 9.59 Å². The lowest BCUT2D eigenvalue weighted by atomic mass is 10.0. The first kappa shape index (κ1) is 18.9. The number of ether oxygens (including phenoxy) is 2. The van der Waals surface area contributed by atoms with Crippen LogP contribution < -0.4 is 5.32 Å². The number of nitrogens with zero attached hydrogens (tertiary/aromatic N) is 1. The van der Waals surface area contributed by atoms with E-state index in [2.05, 4.69) is 5.32 Å². The van der Waals surface area contributed by atoms with Gasteiger partial charge in [-0.25, -0.2) is 0 Å². The highest BCUT2D eigenvalue weighted by atomic mass is 16.7. The average Bonchev–Trinajstić information content (AvgIpc) is 3.28. The standard InChI is InChI=1S/C22H26N2O4/c25-20(24-12-4-3-7-19(24)22-27-13-14-28-22)10-11-23-21(26)18-9-8-16-5-1-2-6-17(16)15-18/h1-2,5-6,8-9,15,19,22H,3-4,7,10-14H2,(H,23,26). The summed E-state index contributed by atoms with van der Waals surface area (Å²) < 4.78 is 11.2. The number of carbonyl (C=O) groups excluding carboxylic acids is 2. The Morgan fingerprint density at radius 2 is 1.82 bits per heavy atom. The average molecular weight is 382 g/mol. The van der Waals surface area contributed by atoms with E-state index in [1.807, 2.05) is 47.4 Å². The van der Waals surface area contributed by atoms with Crippen LogP contribution in [-0.4, -0.2) is 55.3 Å². The fourth-order valence-corrected chi connectivity index (χ4v) is 4.01. The minimum absolute atomic E-state index is 0.0139. The van der Waals surface area contributed by atoms with Crippen molar-refractivity contribution in [3.05, 3.63) is 48.0 Å². The van der Waals surface area contributed by atoms with Crippen LogP contribution in [0, 0.1) is 0 Å². The van der Waals surface area contributed by atoms with Gasteiger partial charge in [0.1, 0.15) is 0 Å². The molecule has 0 aliphatic carbocycles. The second-order valence-corrected chi connectivity index (χ2v) is 7.33. The lowest BCUT2D eigenvalue weighted by molar-refractivity contribution is -0.150. The minimum atomic E-state index is -0.309. The molecule has 1 N–H and O–H groups in total. The van der Waals surface area contributed by atoms with E-state index in [1.54, 1.807) is 0 Å². The van der Waals surface area contributed by atoms with E-state index in [0.717, 1.165) is 36.6 Å². The minimum Gasteiger partial charge on any atom is -0.352 e. The maximum absolute atomic E-state index is 12.7. The van der Waals surface area contributed by atoms with Crippen LogP contribution in [0.25, 0.3) is 10.8 Å². The summed E-state index contributed by atoms with van der Waals surface area (Å²) in [6.07, 6.45) is 2.95. The summed E-state index contributed by atoms with van der Waals surface area (Å²) in [6.45, 7) is 2.22. The second-order valence-electron chi connectivity index (χ2n) is 7.33. The summed E-state index contributed by atoms with van der Waals surface area (Å²) in [5, 5.41) is 4.99. The largest absolute Gasteiger partial charge is 0.352 e. The molecule has 28 heavy (non-hydrogen) atoms. The zero-order valence-electron chi connectivity index (χ0n) is 15.9. The molecule has 2 amide bonds. The van der Waals surface area contributed by atoms with E-state index < -0.39 is 0 Å². The van der Waals surface area contributed by atoms with Gasteiger partial charge in [-0.05, 0) is 42.2 Å². The van der Waals surface area contributed by atoms with Crippen LogP contribution in [-0.2, 0) is 14.3 Å². The maximum Gasteiger partial charge on any atom is 0.251 e. The smallest absolute Gasteiger partial charge is 0.251 e. The molecule has 0 bridgehead atoms. The predicted octanol–water partition coefficient (Wildman–Crippen LogP) is 2.71. The summed E-state index contributed by atoms with van der Waals surface area (Å²) in [5.41, 5.74) is 0.606. The normalized spacial score (nSPS) is 20.4. The molecule has 2 saturated heterocycles. The zero-order valence-corrected chi connectivity index (χ0v) is 15.9. The molecule has 0 aromatic heterocycles. The molecule has 1 unspecified atom stereocenters. The number of likely N-dealkylation sites (tertiary alicyclic amines) is 1. The lowest BCUT2D eigenvalue weighted by Crippen LogP contribution is -2.50. The maximum atomic E-state index is 12.7. The Balaban J connectivity index is 1.31. The van der Waals surface area contributed by atoms with Gasteiger partial charge >= 0.3 is 0 Å². The quantitative estimate of drug-likeness (QED) is 0.863. The number of piperidine rings is 1. The third-order valence-corrected chi connectivity index (χ3v) is 5.47. The Morgan fingerprint density at radius 1 is 1.04 bits per heavy atom. The third kappa shape index (κ3) is 4.18. The van der Waals surface area contributed by atoms with Crippen LogP contribution in [0.1, 0.15) is 36.0 Å². The van der Waals surface area contributed by atoms with Gasteiger partial charge in [-0.2, -0.15) is 0 Å². The van der Waals surface area contributed by atoms with Crippen LogP contribution in [0.15, 0.2) is 42.5 Å². The van der Waals surface area contributed by atoms with Crippen molar-refractivity contribution < 1.29 is 19.1 Å². The first-order valence-electron chi connectivity index (χ1n) is 10.0. The molecular formula is C22H26N2O4. The van der Waals surface area contributed by atoms with Crippen molar-refractivity contribution in [3.63, 3.8) is 0 Å². The van der Waals surface area contributed by atoms with Gasteiger partial charge in [0.25, 0.3) is 5.91 Å². The third-order valence-electron chi connectivity index (χ3n) is 5.47. The molecule has 0 radical (unpaired) electrons. The molecule has 6 nitrogen and oxygen atoms in total. The number of carbonyl (C=O) groups is 2. The molecule has 0 saturated carbocycles. The van der Waals surface area contributed by atoms with Crippen molar-refractivity contribution in [2.75, 3.05) is 26.3 Å². The fourth-order valence-electron chi connectivity index (χ4n) is 4.01. The molecule has 2 aromatic carbocycles. The van der Waals surface area contributed by atoms with Crippen molar-refractivity contribution >= 4 is 22.6 Å². The predicted molar refractivity (Wildman–Crippen MR) is 106 cm³/mol. The van der Waals surface area contributed by atoms with Crippen molar-refractivity contribution in [1.29, 1.82) is 0 Å². The first-order chi connectivity index (χ1) is 13.7. The number of hydrogen-bond donors (Lipinski definition) is 1. The summed E-state index contributed by atoms with van der Waals surface area (Å²) in [5.74, 6) is -0.112. The summed E-state index contributed by atoms with van der Waals surface area (Å²) >= 11 is 0. The van der Waals surface area contributed by atoms with Crippen LogP contribution in [0.5, 0.6) is 0 Å². The number of benzene rings is 2. The zero-order chi connectivity index (χ0) is 19.3. The lowest BCUT2D eigenvalue weighted by Gasteiger charge is -2.38. The van der Waals surface area contributed by atoms with Crippen LogP contribution in [0.2, 0.25) is 0 Å². The van der Waals surface area contributed by atoms with Gasteiger partial charge in [0, 0.05) is 25.1 Å². The van der Waals surface area contributed by atoms with Gasteiger partial charge in [-0.15, -0.1) is 0 Å². The SMILES string of the molecule is O=C(NCCC(=O)N1CCCCC1C1OCCO1)c1ccc2ccccc2c1. The molecule has 2 fully saturated rings. The Bertz CT molecular complexity index is 847. The van der Waals surface area contributed by atoms with E-state index in [1.165, 1.54) is 0 Å². The number of amides is 2. The van der Waals surface area contributed by atoms with Crippen LogP contribution >= 0.6 is 0 Å². The number of rotatable bonds is 5. The van der Waals surface area contributed by atoms with Gasteiger partial charge in [-0.1, -0.05) is 30.3 Å². The Morgan fingerprint density at radius 3 is 2.64 bits per heavy atom. The highest BCUT2D eigenvalue weighted by Gasteiger charge is 2.35. The summed E-state index contributed by atoms with van der Waals surface area (Å²) in [7, 11) is 0. The van der Waals surface area contributed by atoms with Gasteiger partial charge in [-0.3, -0.25) is 9.59 Å². The summed E-state index contributed by atoms with van der Waals surface area (Å²) in [4.78, 5) is 27.0. The van der Waals surface area contributed by atoms with Crippen LogP contribution in [0.4, 0.5) is 0 Å². The molecule has 0 spiro atoms. The highest BCUT2D eigenvalue weighted by Crippen LogP contribution is 2.25. The molecule has 2 aliphatic heterocycles. The van der Waals surface area contributed by atoms with E-state index in [-0.39, 0.29) is 30.6 Å². The molecule has 148 valence electrons. The van der Waals surface area contributed by atoms with Gasteiger partial charge in [0.05, 0.1) is 19.3 Å². The van der Waals surface area contributed by atoms with Gasteiger partial charge < -0.3 is 19.7 Å². The fraction of sp³-hybridized carbons (Fsp3) is 0.455. The Labute approximate surface area is 164 Å². The van der Waals surface area contributed by atoms with Crippen molar-refractivity contribution in [3.8, 4) is 0 Å². The van der Waals surface area contributed by atoms with Crippen molar-refractivity contribution in [2.45, 2.75) is 38.0 Å². The molecule has 2 heterocycles. The Hall–Kier alpha value is -2.44. The second kappa shape index (κ2) is 8.71. The number of hydrogen-bond acceptors (Lipinski definition) is 4.